The minimum absolute atomic E-state index is 0.465. The SMILES string of the molecule is COCc1cccc(NCC(O)c2cccc(Br)c2)c1. The summed E-state index contributed by atoms with van der Waals surface area (Å²) in [6, 6.07) is 15.7. The fourth-order valence-electron chi connectivity index (χ4n) is 1.98. The van der Waals surface area contributed by atoms with E-state index in [4.69, 9.17) is 4.74 Å². The fourth-order valence-corrected chi connectivity index (χ4v) is 2.40. The number of hydrogen-bond donors (Lipinski definition) is 2. The van der Waals surface area contributed by atoms with Crippen molar-refractivity contribution in [1.82, 2.24) is 0 Å². The highest BCUT2D eigenvalue weighted by atomic mass is 79.9. The second-order valence-corrected chi connectivity index (χ2v) is 5.50. The summed E-state index contributed by atoms with van der Waals surface area (Å²) in [5, 5.41) is 13.4. The van der Waals surface area contributed by atoms with Crippen molar-refractivity contribution in [3.8, 4) is 0 Å². The first-order valence-electron chi connectivity index (χ1n) is 6.44. The van der Waals surface area contributed by atoms with Crippen LogP contribution in [0.15, 0.2) is 53.0 Å². The molecule has 0 amide bonds. The molecule has 0 saturated heterocycles. The summed E-state index contributed by atoms with van der Waals surface area (Å²) in [5.74, 6) is 0. The van der Waals surface area contributed by atoms with Gasteiger partial charge in [-0.3, -0.25) is 0 Å². The molecular formula is C16H18BrNO2. The Hall–Kier alpha value is -1.36. The molecule has 0 aliphatic heterocycles. The van der Waals surface area contributed by atoms with Crippen LogP contribution in [0.5, 0.6) is 0 Å². The van der Waals surface area contributed by atoms with Crippen LogP contribution in [0.2, 0.25) is 0 Å². The molecule has 0 radical (unpaired) electrons. The van der Waals surface area contributed by atoms with Gasteiger partial charge >= 0.3 is 0 Å². The van der Waals surface area contributed by atoms with Crippen molar-refractivity contribution in [3.63, 3.8) is 0 Å². The molecule has 0 saturated carbocycles. The van der Waals surface area contributed by atoms with Crippen molar-refractivity contribution < 1.29 is 9.84 Å². The number of methoxy groups -OCH3 is 1. The Kier molecular flexibility index (Phi) is 5.59. The summed E-state index contributed by atoms with van der Waals surface area (Å²) in [4.78, 5) is 0. The van der Waals surface area contributed by atoms with E-state index >= 15 is 0 Å². The monoisotopic (exact) mass is 335 g/mol. The molecule has 0 spiro atoms. The van der Waals surface area contributed by atoms with Gasteiger partial charge in [-0.25, -0.2) is 0 Å². The number of ether oxygens (including phenoxy) is 1. The third-order valence-electron chi connectivity index (χ3n) is 2.97. The molecule has 4 heteroatoms. The van der Waals surface area contributed by atoms with Crippen molar-refractivity contribution in [2.75, 3.05) is 19.0 Å². The molecule has 1 atom stereocenters. The minimum atomic E-state index is -0.543. The van der Waals surface area contributed by atoms with Crippen LogP contribution in [0.3, 0.4) is 0 Å². The quantitative estimate of drug-likeness (QED) is 0.844. The third-order valence-corrected chi connectivity index (χ3v) is 3.46. The van der Waals surface area contributed by atoms with Gasteiger partial charge in [-0.1, -0.05) is 40.2 Å². The molecule has 0 fully saturated rings. The molecule has 0 heterocycles. The number of hydrogen-bond acceptors (Lipinski definition) is 3. The van der Waals surface area contributed by atoms with Gasteiger partial charge in [0.1, 0.15) is 0 Å². The first-order valence-corrected chi connectivity index (χ1v) is 7.23. The maximum absolute atomic E-state index is 10.2. The Morgan fingerprint density at radius 1 is 1.20 bits per heavy atom. The highest BCUT2D eigenvalue weighted by molar-refractivity contribution is 9.10. The lowest BCUT2D eigenvalue weighted by atomic mass is 10.1. The fraction of sp³-hybridized carbons (Fsp3) is 0.250. The topological polar surface area (TPSA) is 41.5 Å². The molecule has 0 aromatic heterocycles. The number of aliphatic hydroxyl groups excluding tert-OH is 1. The lowest BCUT2D eigenvalue weighted by Crippen LogP contribution is -2.12. The van der Waals surface area contributed by atoms with E-state index in [1.165, 1.54) is 0 Å². The zero-order valence-corrected chi connectivity index (χ0v) is 12.9. The van der Waals surface area contributed by atoms with E-state index in [1.807, 2.05) is 48.5 Å². The molecule has 0 bridgehead atoms. The largest absolute Gasteiger partial charge is 0.387 e. The van der Waals surface area contributed by atoms with Crippen molar-refractivity contribution in [2.24, 2.45) is 0 Å². The molecule has 2 N–H and O–H groups in total. The third kappa shape index (κ3) is 4.34. The van der Waals surface area contributed by atoms with Crippen LogP contribution >= 0.6 is 15.9 Å². The normalized spacial score (nSPS) is 12.2. The number of nitrogens with one attached hydrogen (secondary N) is 1. The minimum Gasteiger partial charge on any atom is -0.387 e. The maximum atomic E-state index is 10.2. The number of anilines is 1. The molecule has 0 aliphatic carbocycles. The van der Waals surface area contributed by atoms with Gasteiger partial charge in [-0.15, -0.1) is 0 Å². The predicted octanol–water partition coefficient (Wildman–Crippen LogP) is 3.74. The number of benzene rings is 2. The Morgan fingerprint density at radius 3 is 2.75 bits per heavy atom. The lowest BCUT2D eigenvalue weighted by Gasteiger charge is -2.14. The summed E-state index contributed by atoms with van der Waals surface area (Å²) in [5.41, 5.74) is 2.97. The van der Waals surface area contributed by atoms with E-state index in [1.54, 1.807) is 7.11 Å². The van der Waals surface area contributed by atoms with Gasteiger partial charge in [0.2, 0.25) is 0 Å². The molecule has 0 aliphatic rings. The molecule has 2 aromatic carbocycles. The average Bonchev–Trinajstić information content (AvgIpc) is 2.45. The summed E-state index contributed by atoms with van der Waals surface area (Å²) >= 11 is 3.41. The molecule has 2 aromatic rings. The van der Waals surface area contributed by atoms with Crippen molar-refractivity contribution in [2.45, 2.75) is 12.7 Å². The molecule has 20 heavy (non-hydrogen) atoms. The number of aliphatic hydroxyl groups is 1. The van der Waals surface area contributed by atoms with Crippen molar-refractivity contribution in [3.05, 3.63) is 64.1 Å². The van der Waals surface area contributed by atoms with Crippen molar-refractivity contribution >= 4 is 21.6 Å². The highest BCUT2D eigenvalue weighted by Crippen LogP contribution is 2.19. The smallest absolute Gasteiger partial charge is 0.0962 e. The van der Waals surface area contributed by atoms with Crippen LogP contribution in [0, 0.1) is 0 Å². The number of rotatable bonds is 6. The van der Waals surface area contributed by atoms with Crippen LogP contribution < -0.4 is 5.32 Å². The molecule has 2 rings (SSSR count). The van der Waals surface area contributed by atoms with Gasteiger partial charge in [-0.05, 0) is 35.4 Å². The summed E-state index contributed by atoms with van der Waals surface area (Å²) < 4.78 is 6.08. The van der Waals surface area contributed by atoms with Crippen LogP contribution in [0.4, 0.5) is 5.69 Å². The lowest BCUT2D eigenvalue weighted by molar-refractivity contribution is 0.185. The first-order chi connectivity index (χ1) is 9.69. The Labute approximate surface area is 127 Å². The van der Waals surface area contributed by atoms with E-state index in [-0.39, 0.29) is 0 Å². The van der Waals surface area contributed by atoms with E-state index in [9.17, 15) is 5.11 Å². The standard InChI is InChI=1S/C16H18BrNO2/c1-20-11-12-4-2-7-15(8-12)18-10-16(19)13-5-3-6-14(17)9-13/h2-9,16,18-19H,10-11H2,1H3. The Bertz CT molecular complexity index is 560. The zero-order chi connectivity index (χ0) is 14.4. The van der Waals surface area contributed by atoms with Gasteiger partial charge in [0, 0.05) is 23.8 Å². The number of halogens is 1. The summed E-state index contributed by atoms with van der Waals surface area (Å²) in [6.45, 7) is 1.05. The summed E-state index contributed by atoms with van der Waals surface area (Å²) in [7, 11) is 1.68. The van der Waals surface area contributed by atoms with E-state index in [2.05, 4.69) is 21.2 Å². The average molecular weight is 336 g/mol. The van der Waals surface area contributed by atoms with Gasteiger partial charge in [0.05, 0.1) is 12.7 Å². The van der Waals surface area contributed by atoms with Crippen LogP contribution in [-0.4, -0.2) is 18.8 Å². The van der Waals surface area contributed by atoms with Gasteiger partial charge < -0.3 is 15.2 Å². The highest BCUT2D eigenvalue weighted by Gasteiger charge is 2.07. The van der Waals surface area contributed by atoms with Crippen molar-refractivity contribution in [1.29, 1.82) is 0 Å². The predicted molar refractivity (Wildman–Crippen MR) is 84.7 cm³/mol. The Morgan fingerprint density at radius 2 is 2.00 bits per heavy atom. The Balaban J connectivity index is 1.96. The van der Waals surface area contributed by atoms with Crippen LogP contribution in [-0.2, 0) is 11.3 Å². The van der Waals surface area contributed by atoms with Gasteiger partial charge in [0.25, 0.3) is 0 Å². The molecule has 106 valence electrons. The molecule has 1 unspecified atom stereocenters. The van der Waals surface area contributed by atoms with E-state index < -0.39 is 6.10 Å². The molecular weight excluding hydrogens is 318 g/mol. The summed E-state index contributed by atoms with van der Waals surface area (Å²) in [6.07, 6.45) is -0.543. The van der Waals surface area contributed by atoms with Gasteiger partial charge in [-0.2, -0.15) is 0 Å². The second-order valence-electron chi connectivity index (χ2n) is 4.59. The van der Waals surface area contributed by atoms with E-state index in [0.717, 1.165) is 21.3 Å². The van der Waals surface area contributed by atoms with Gasteiger partial charge in [0.15, 0.2) is 0 Å². The van der Waals surface area contributed by atoms with Crippen LogP contribution in [0.25, 0.3) is 0 Å². The van der Waals surface area contributed by atoms with E-state index in [0.29, 0.717) is 13.2 Å². The first kappa shape index (κ1) is 15.0. The maximum Gasteiger partial charge on any atom is 0.0962 e. The zero-order valence-electron chi connectivity index (χ0n) is 11.3. The second kappa shape index (κ2) is 7.43. The molecule has 3 nitrogen and oxygen atoms in total. The van der Waals surface area contributed by atoms with Crippen LogP contribution in [0.1, 0.15) is 17.2 Å².